The summed E-state index contributed by atoms with van der Waals surface area (Å²) < 4.78 is 4.78. The number of carbonyl (C=O) groups is 1. The minimum absolute atomic E-state index is 0.217. The van der Waals surface area contributed by atoms with Gasteiger partial charge in [-0.15, -0.1) is 0 Å². The maximum Gasteiger partial charge on any atom is 0.305 e. The summed E-state index contributed by atoms with van der Waals surface area (Å²) in [7, 11) is 0. The summed E-state index contributed by atoms with van der Waals surface area (Å²) in [4.78, 5) is 16.0. The first kappa shape index (κ1) is 14.5. The van der Waals surface area contributed by atoms with E-state index in [1.165, 1.54) is 6.21 Å². The number of hydrogen-bond donors (Lipinski definition) is 0. The molecule has 97 valence electrons. The first-order valence-corrected chi connectivity index (χ1v) is 6.08. The van der Waals surface area contributed by atoms with Gasteiger partial charge in [0.2, 0.25) is 0 Å². The molecule has 0 unspecified atom stereocenters. The Bertz CT molecular complexity index is 407. The minimum atomic E-state index is -0.217. The first-order chi connectivity index (χ1) is 8.74. The van der Waals surface area contributed by atoms with Crippen molar-refractivity contribution in [3.8, 4) is 0 Å². The van der Waals surface area contributed by atoms with Gasteiger partial charge in [-0.2, -0.15) is 0 Å². The quantitative estimate of drug-likeness (QED) is 0.331. The second-order valence-electron chi connectivity index (χ2n) is 3.42. The van der Waals surface area contributed by atoms with Crippen molar-refractivity contribution in [3.05, 3.63) is 34.9 Å². The highest BCUT2D eigenvalue weighted by Gasteiger charge is 2.00. The molecule has 0 bridgehead atoms. The highest BCUT2D eigenvalue weighted by Crippen LogP contribution is 2.11. The van der Waals surface area contributed by atoms with Crippen LogP contribution in [0.15, 0.2) is 23.4 Å². The Hall–Kier alpha value is -1.55. The average molecular weight is 269 g/mol. The fourth-order valence-corrected chi connectivity index (χ4v) is 1.35. The molecular weight excluding hydrogens is 254 g/mol. The molecule has 0 saturated carbocycles. The summed E-state index contributed by atoms with van der Waals surface area (Å²) in [5.41, 5.74) is 0.740. The predicted octanol–water partition coefficient (Wildman–Crippen LogP) is 2.83. The Balaban J connectivity index is 2.18. The van der Waals surface area contributed by atoms with Gasteiger partial charge in [0, 0.05) is 17.0 Å². The number of benzene rings is 1. The number of oxime groups is 1. The molecule has 0 spiro atoms. The molecule has 1 radical (unpaired) electrons. The van der Waals surface area contributed by atoms with Gasteiger partial charge in [-0.3, -0.25) is 4.79 Å². The third-order valence-corrected chi connectivity index (χ3v) is 2.37. The maximum absolute atomic E-state index is 11.0. The van der Waals surface area contributed by atoms with Crippen LogP contribution in [0.4, 0.5) is 0 Å². The molecule has 0 atom stereocenters. The van der Waals surface area contributed by atoms with Gasteiger partial charge in [-0.05, 0) is 31.5 Å². The molecule has 1 aromatic carbocycles. The van der Waals surface area contributed by atoms with E-state index in [2.05, 4.69) is 11.2 Å². The summed E-state index contributed by atoms with van der Waals surface area (Å²) in [6.07, 6.45) is 2.43. The predicted molar refractivity (Wildman–Crippen MR) is 69.7 cm³/mol. The number of halogens is 1. The lowest BCUT2D eigenvalue weighted by Crippen LogP contribution is -2.04. The van der Waals surface area contributed by atoms with Crippen molar-refractivity contribution in [2.75, 3.05) is 13.2 Å². The second kappa shape index (κ2) is 8.53. The third-order valence-electron chi connectivity index (χ3n) is 2.03. The highest BCUT2D eigenvalue weighted by molar-refractivity contribution is 6.33. The van der Waals surface area contributed by atoms with Crippen molar-refractivity contribution in [2.24, 2.45) is 5.16 Å². The van der Waals surface area contributed by atoms with Crippen molar-refractivity contribution in [1.82, 2.24) is 0 Å². The largest absolute Gasteiger partial charge is 0.466 e. The number of hydrogen-bond acceptors (Lipinski definition) is 4. The van der Waals surface area contributed by atoms with Gasteiger partial charge >= 0.3 is 5.97 Å². The number of carbonyl (C=O) groups excluding carboxylic acids is 1. The van der Waals surface area contributed by atoms with Crippen LogP contribution in [0.1, 0.15) is 25.3 Å². The van der Waals surface area contributed by atoms with Crippen LogP contribution < -0.4 is 0 Å². The Morgan fingerprint density at radius 1 is 1.61 bits per heavy atom. The second-order valence-corrected chi connectivity index (χ2v) is 3.83. The van der Waals surface area contributed by atoms with E-state index in [9.17, 15) is 4.79 Å². The summed E-state index contributed by atoms with van der Waals surface area (Å²) in [6.45, 7) is 2.55. The lowest BCUT2D eigenvalue weighted by atomic mass is 10.2. The van der Waals surface area contributed by atoms with E-state index < -0.39 is 0 Å². The van der Waals surface area contributed by atoms with Crippen LogP contribution >= 0.6 is 11.6 Å². The number of nitrogens with zero attached hydrogens (tertiary/aromatic N) is 1. The van der Waals surface area contributed by atoms with Crippen LogP contribution in [0.3, 0.4) is 0 Å². The van der Waals surface area contributed by atoms with Crippen LogP contribution in [-0.4, -0.2) is 25.4 Å². The van der Waals surface area contributed by atoms with Crippen LogP contribution in [-0.2, 0) is 14.4 Å². The van der Waals surface area contributed by atoms with Crippen LogP contribution in [0.5, 0.6) is 0 Å². The molecule has 5 heteroatoms. The lowest BCUT2D eigenvalue weighted by molar-refractivity contribution is -0.143. The fourth-order valence-electron chi connectivity index (χ4n) is 1.18. The van der Waals surface area contributed by atoms with Gasteiger partial charge in [-0.1, -0.05) is 22.8 Å². The standard InChI is InChI=1S/C13H15ClNO3/c1-2-17-13(16)8-5-9-18-15-10-11-6-3-4-7-12(11)14/h4,6-7,10H,2,5,8-9H2,1H3. The molecule has 4 nitrogen and oxygen atoms in total. The van der Waals surface area contributed by atoms with Crippen molar-refractivity contribution >= 4 is 23.8 Å². The van der Waals surface area contributed by atoms with Crippen LogP contribution in [0.25, 0.3) is 0 Å². The fraction of sp³-hybridized carbons (Fsp3) is 0.385. The highest BCUT2D eigenvalue weighted by atomic mass is 35.5. The Kier molecular flexibility index (Phi) is 6.87. The molecule has 0 N–H and O–H groups in total. The van der Waals surface area contributed by atoms with E-state index >= 15 is 0 Å². The van der Waals surface area contributed by atoms with E-state index in [0.717, 1.165) is 5.56 Å². The zero-order valence-corrected chi connectivity index (χ0v) is 10.9. The minimum Gasteiger partial charge on any atom is -0.466 e. The summed E-state index contributed by atoms with van der Waals surface area (Å²) in [5.74, 6) is -0.217. The molecule has 0 fully saturated rings. The van der Waals surface area contributed by atoms with E-state index in [-0.39, 0.29) is 5.97 Å². The van der Waals surface area contributed by atoms with Gasteiger partial charge in [0.1, 0.15) is 6.61 Å². The van der Waals surface area contributed by atoms with E-state index in [0.29, 0.717) is 31.1 Å². The Morgan fingerprint density at radius 2 is 2.44 bits per heavy atom. The van der Waals surface area contributed by atoms with E-state index in [1.54, 1.807) is 25.1 Å². The summed E-state index contributed by atoms with van der Waals surface area (Å²) >= 11 is 5.91. The molecule has 0 aliphatic rings. The zero-order valence-electron chi connectivity index (χ0n) is 10.2. The number of rotatable bonds is 7. The van der Waals surface area contributed by atoms with Crippen molar-refractivity contribution in [3.63, 3.8) is 0 Å². The molecule has 0 heterocycles. The third kappa shape index (κ3) is 5.68. The molecular formula is C13H15ClNO3. The molecule has 0 aliphatic carbocycles. The molecule has 18 heavy (non-hydrogen) atoms. The van der Waals surface area contributed by atoms with Crippen molar-refractivity contribution < 1.29 is 14.4 Å². The Labute approximate surface area is 112 Å². The van der Waals surface area contributed by atoms with Gasteiger partial charge in [0.15, 0.2) is 0 Å². The SMILES string of the molecule is CCOC(=O)CCCON=Cc1c[c]ccc1Cl. The van der Waals surface area contributed by atoms with Gasteiger partial charge in [-0.25, -0.2) is 0 Å². The normalized spacial score (nSPS) is 10.6. The molecule has 0 aromatic heterocycles. The summed E-state index contributed by atoms with van der Waals surface area (Å²) in [5, 5.41) is 4.35. The topological polar surface area (TPSA) is 47.9 Å². The van der Waals surface area contributed by atoms with Crippen LogP contribution in [0, 0.1) is 6.07 Å². The number of esters is 1. The average Bonchev–Trinajstić information content (AvgIpc) is 2.36. The van der Waals surface area contributed by atoms with Crippen LogP contribution in [0.2, 0.25) is 5.02 Å². The number of ether oxygens (including phenoxy) is 1. The summed E-state index contributed by atoms with van der Waals surface area (Å²) in [6, 6.07) is 8.05. The first-order valence-electron chi connectivity index (χ1n) is 5.70. The van der Waals surface area contributed by atoms with Crippen molar-refractivity contribution in [2.45, 2.75) is 19.8 Å². The smallest absolute Gasteiger partial charge is 0.305 e. The molecule has 0 aliphatic heterocycles. The molecule has 0 saturated heterocycles. The molecule has 1 aromatic rings. The zero-order chi connectivity index (χ0) is 13.2. The van der Waals surface area contributed by atoms with Gasteiger partial charge in [0.25, 0.3) is 0 Å². The maximum atomic E-state index is 11.0. The molecule has 1 rings (SSSR count). The lowest BCUT2D eigenvalue weighted by Gasteiger charge is -2.01. The molecule has 0 amide bonds. The van der Waals surface area contributed by atoms with Gasteiger partial charge in [0.05, 0.1) is 12.8 Å². The van der Waals surface area contributed by atoms with Crippen molar-refractivity contribution in [1.29, 1.82) is 0 Å². The Morgan fingerprint density at radius 3 is 3.17 bits per heavy atom. The monoisotopic (exact) mass is 268 g/mol. The van der Waals surface area contributed by atoms with E-state index in [1.807, 2.05) is 0 Å². The van der Waals surface area contributed by atoms with Gasteiger partial charge < -0.3 is 9.57 Å². The van der Waals surface area contributed by atoms with E-state index in [4.69, 9.17) is 21.2 Å².